The Bertz CT molecular complexity index is 592. The number of nitrogens with zero attached hydrogens (tertiary/aromatic N) is 2. The van der Waals surface area contributed by atoms with Crippen LogP contribution in [0.25, 0.3) is 0 Å². The standard InChI is InChI=1S/C17H18N2O/c1-13-9-16(11-18)10-14(2)17(13)20-8-4-6-15-5-3-7-19-12-15/h3,5,7,9-10,12H,4,6,8H2,1-2H3. The first-order valence-electron chi connectivity index (χ1n) is 6.74. The zero-order valence-electron chi connectivity index (χ0n) is 11.9. The lowest BCUT2D eigenvalue weighted by Crippen LogP contribution is -2.02. The summed E-state index contributed by atoms with van der Waals surface area (Å²) in [6.07, 6.45) is 5.58. The van der Waals surface area contributed by atoms with Crippen LogP contribution in [0.4, 0.5) is 0 Å². The van der Waals surface area contributed by atoms with Gasteiger partial charge in [-0.3, -0.25) is 4.98 Å². The molecular weight excluding hydrogens is 248 g/mol. The fourth-order valence-corrected chi connectivity index (χ4v) is 2.24. The summed E-state index contributed by atoms with van der Waals surface area (Å²) in [4.78, 5) is 4.10. The van der Waals surface area contributed by atoms with Gasteiger partial charge in [-0.2, -0.15) is 5.26 Å². The normalized spacial score (nSPS) is 10.1. The second kappa shape index (κ2) is 6.72. The van der Waals surface area contributed by atoms with Crippen molar-refractivity contribution in [3.05, 3.63) is 58.9 Å². The molecule has 2 rings (SSSR count). The van der Waals surface area contributed by atoms with E-state index >= 15 is 0 Å². The quantitative estimate of drug-likeness (QED) is 0.777. The number of nitriles is 1. The van der Waals surface area contributed by atoms with Crippen LogP contribution in [-0.2, 0) is 6.42 Å². The Labute approximate surface area is 119 Å². The number of benzene rings is 1. The molecule has 0 spiro atoms. The average Bonchev–Trinajstić information content (AvgIpc) is 2.46. The summed E-state index contributed by atoms with van der Waals surface area (Å²) >= 11 is 0. The first-order chi connectivity index (χ1) is 9.70. The van der Waals surface area contributed by atoms with Crippen molar-refractivity contribution >= 4 is 0 Å². The molecule has 0 N–H and O–H groups in total. The Morgan fingerprint density at radius 1 is 1.25 bits per heavy atom. The molecule has 0 unspecified atom stereocenters. The van der Waals surface area contributed by atoms with Crippen molar-refractivity contribution in [2.75, 3.05) is 6.61 Å². The van der Waals surface area contributed by atoms with Crippen LogP contribution in [0.5, 0.6) is 5.75 Å². The molecule has 0 fully saturated rings. The van der Waals surface area contributed by atoms with E-state index in [4.69, 9.17) is 10.00 Å². The van der Waals surface area contributed by atoms with Crippen LogP contribution in [0.3, 0.4) is 0 Å². The first-order valence-corrected chi connectivity index (χ1v) is 6.74. The van der Waals surface area contributed by atoms with Gasteiger partial charge in [-0.1, -0.05) is 6.07 Å². The van der Waals surface area contributed by atoms with Crippen molar-refractivity contribution in [3.63, 3.8) is 0 Å². The molecule has 0 aliphatic heterocycles. The lowest BCUT2D eigenvalue weighted by molar-refractivity contribution is 0.307. The summed E-state index contributed by atoms with van der Waals surface area (Å²) in [6, 6.07) is 9.92. The highest BCUT2D eigenvalue weighted by Crippen LogP contribution is 2.24. The molecule has 0 aliphatic carbocycles. The van der Waals surface area contributed by atoms with E-state index in [-0.39, 0.29) is 0 Å². The van der Waals surface area contributed by atoms with Gasteiger partial charge < -0.3 is 4.74 Å². The maximum Gasteiger partial charge on any atom is 0.125 e. The summed E-state index contributed by atoms with van der Waals surface area (Å²) in [5.41, 5.74) is 3.94. The van der Waals surface area contributed by atoms with Crippen molar-refractivity contribution < 1.29 is 4.74 Å². The molecule has 0 radical (unpaired) electrons. The molecule has 0 atom stereocenters. The van der Waals surface area contributed by atoms with Gasteiger partial charge in [-0.05, 0) is 61.6 Å². The largest absolute Gasteiger partial charge is 0.493 e. The fraction of sp³-hybridized carbons (Fsp3) is 0.294. The van der Waals surface area contributed by atoms with Crippen LogP contribution in [0.2, 0.25) is 0 Å². The molecule has 1 heterocycles. The van der Waals surface area contributed by atoms with Gasteiger partial charge in [0, 0.05) is 12.4 Å². The molecule has 0 bridgehead atoms. The van der Waals surface area contributed by atoms with Gasteiger partial charge in [0.05, 0.1) is 18.2 Å². The Morgan fingerprint density at radius 3 is 2.60 bits per heavy atom. The van der Waals surface area contributed by atoms with E-state index in [2.05, 4.69) is 17.1 Å². The number of ether oxygens (including phenoxy) is 1. The molecule has 1 aromatic heterocycles. The highest BCUT2D eigenvalue weighted by molar-refractivity contribution is 5.47. The van der Waals surface area contributed by atoms with E-state index in [1.54, 1.807) is 6.20 Å². The minimum absolute atomic E-state index is 0.669. The molecule has 20 heavy (non-hydrogen) atoms. The number of aromatic nitrogens is 1. The van der Waals surface area contributed by atoms with Crippen LogP contribution in [0.15, 0.2) is 36.7 Å². The highest BCUT2D eigenvalue weighted by Gasteiger charge is 2.06. The van der Waals surface area contributed by atoms with Gasteiger partial charge in [-0.15, -0.1) is 0 Å². The SMILES string of the molecule is Cc1cc(C#N)cc(C)c1OCCCc1cccnc1. The molecule has 0 saturated carbocycles. The van der Waals surface area contributed by atoms with Gasteiger partial charge in [0.2, 0.25) is 0 Å². The van der Waals surface area contributed by atoms with E-state index in [1.165, 1.54) is 5.56 Å². The molecule has 3 heteroatoms. The number of rotatable bonds is 5. The molecule has 3 nitrogen and oxygen atoms in total. The summed E-state index contributed by atoms with van der Waals surface area (Å²) < 4.78 is 5.86. The van der Waals surface area contributed by atoms with E-state index in [0.29, 0.717) is 12.2 Å². The van der Waals surface area contributed by atoms with E-state index in [1.807, 2.05) is 38.2 Å². The Kier molecular flexibility index (Phi) is 4.73. The first kappa shape index (κ1) is 14.1. The molecule has 0 aliphatic rings. The Hall–Kier alpha value is -2.34. The maximum absolute atomic E-state index is 8.92. The summed E-state index contributed by atoms with van der Waals surface area (Å²) in [5.74, 6) is 0.898. The van der Waals surface area contributed by atoms with Crippen molar-refractivity contribution in [1.29, 1.82) is 5.26 Å². The maximum atomic E-state index is 8.92. The molecular formula is C17H18N2O. The fourth-order valence-electron chi connectivity index (χ4n) is 2.24. The average molecular weight is 266 g/mol. The van der Waals surface area contributed by atoms with Gasteiger partial charge in [0.25, 0.3) is 0 Å². The smallest absolute Gasteiger partial charge is 0.125 e. The summed E-state index contributed by atoms with van der Waals surface area (Å²) in [7, 11) is 0. The van der Waals surface area contributed by atoms with E-state index in [0.717, 1.165) is 29.7 Å². The minimum atomic E-state index is 0.669. The second-order valence-electron chi connectivity index (χ2n) is 4.86. The van der Waals surface area contributed by atoms with Gasteiger partial charge in [0.1, 0.15) is 5.75 Å². The summed E-state index contributed by atoms with van der Waals surface area (Å²) in [6.45, 7) is 4.62. The van der Waals surface area contributed by atoms with E-state index < -0.39 is 0 Å². The molecule has 1 aromatic carbocycles. The van der Waals surface area contributed by atoms with Crippen LogP contribution < -0.4 is 4.74 Å². The van der Waals surface area contributed by atoms with Gasteiger partial charge in [0.15, 0.2) is 0 Å². The summed E-state index contributed by atoms with van der Waals surface area (Å²) in [5, 5.41) is 8.92. The number of aryl methyl sites for hydroxylation is 3. The van der Waals surface area contributed by atoms with Crippen LogP contribution in [0, 0.1) is 25.2 Å². The van der Waals surface area contributed by atoms with Crippen molar-refractivity contribution in [1.82, 2.24) is 4.98 Å². The molecule has 2 aromatic rings. The number of pyridine rings is 1. The molecule has 0 amide bonds. The monoisotopic (exact) mass is 266 g/mol. The van der Waals surface area contributed by atoms with Gasteiger partial charge >= 0.3 is 0 Å². The molecule has 102 valence electrons. The third kappa shape index (κ3) is 3.58. The van der Waals surface area contributed by atoms with Crippen molar-refractivity contribution in [2.24, 2.45) is 0 Å². The number of hydrogen-bond donors (Lipinski definition) is 0. The van der Waals surface area contributed by atoms with Crippen LogP contribution >= 0.6 is 0 Å². The van der Waals surface area contributed by atoms with Crippen LogP contribution in [-0.4, -0.2) is 11.6 Å². The van der Waals surface area contributed by atoms with E-state index in [9.17, 15) is 0 Å². The third-order valence-electron chi connectivity index (χ3n) is 3.17. The number of hydrogen-bond acceptors (Lipinski definition) is 3. The second-order valence-corrected chi connectivity index (χ2v) is 4.86. The Morgan fingerprint density at radius 2 is 2.00 bits per heavy atom. The minimum Gasteiger partial charge on any atom is -0.493 e. The van der Waals surface area contributed by atoms with Crippen molar-refractivity contribution in [3.8, 4) is 11.8 Å². The lowest BCUT2D eigenvalue weighted by Gasteiger charge is -2.12. The lowest BCUT2D eigenvalue weighted by atomic mass is 10.1. The van der Waals surface area contributed by atoms with Crippen LogP contribution in [0.1, 0.15) is 28.7 Å². The topological polar surface area (TPSA) is 45.9 Å². The highest BCUT2D eigenvalue weighted by atomic mass is 16.5. The van der Waals surface area contributed by atoms with Gasteiger partial charge in [-0.25, -0.2) is 0 Å². The Balaban J connectivity index is 1.90. The third-order valence-corrected chi connectivity index (χ3v) is 3.17. The zero-order chi connectivity index (χ0) is 14.4. The molecule has 0 saturated heterocycles. The van der Waals surface area contributed by atoms with Crippen molar-refractivity contribution in [2.45, 2.75) is 26.7 Å². The zero-order valence-corrected chi connectivity index (χ0v) is 11.9. The predicted molar refractivity (Wildman–Crippen MR) is 78.7 cm³/mol. The predicted octanol–water partition coefficient (Wildman–Crippen LogP) is 3.58.